The molecule has 1 unspecified atom stereocenters. The summed E-state index contributed by atoms with van der Waals surface area (Å²) in [6, 6.07) is 3.31. The third kappa shape index (κ3) is 2.87. The predicted octanol–water partition coefficient (Wildman–Crippen LogP) is 1.59. The van der Waals surface area contributed by atoms with E-state index in [0.29, 0.717) is 25.3 Å². The fourth-order valence-electron chi connectivity index (χ4n) is 2.51. The average Bonchev–Trinajstić information content (AvgIpc) is 3.18. The van der Waals surface area contributed by atoms with Crippen molar-refractivity contribution in [3.8, 4) is 0 Å². The fourth-order valence-corrected chi connectivity index (χ4v) is 3.29. The molecule has 0 N–H and O–H groups in total. The van der Waals surface area contributed by atoms with E-state index in [1.165, 1.54) is 17.2 Å². The van der Waals surface area contributed by atoms with Crippen LogP contribution in [0.4, 0.5) is 4.79 Å². The second kappa shape index (κ2) is 5.77. The van der Waals surface area contributed by atoms with Crippen LogP contribution in [0, 0.1) is 0 Å². The minimum Gasteiger partial charge on any atom is -0.465 e. The van der Waals surface area contributed by atoms with Crippen LogP contribution in [0.25, 0.3) is 6.08 Å². The van der Waals surface area contributed by atoms with Crippen LogP contribution >= 0.6 is 11.8 Å². The molecule has 3 rings (SSSR count). The molecule has 2 saturated heterocycles. The molecule has 7 heteroatoms. The van der Waals surface area contributed by atoms with Gasteiger partial charge in [0.15, 0.2) is 0 Å². The van der Waals surface area contributed by atoms with E-state index in [2.05, 4.69) is 0 Å². The maximum absolute atomic E-state index is 12.1. The Morgan fingerprint density at radius 3 is 2.95 bits per heavy atom. The Kier molecular flexibility index (Phi) is 3.83. The van der Waals surface area contributed by atoms with Gasteiger partial charge < -0.3 is 9.32 Å². The molecule has 3 amide bonds. The number of hydrogen-bond acceptors (Lipinski definition) is 5. The van der Waals surface area contributed by atoms with Crippen molar-refractivity contribution in [2.45, 2.75) is 12.5 Å². The zero-order chi connectivity index (χ0) is 14.8. The van der Waals surface area contributed by atoms with Crippen molar-refractivity contribution in [1.29, 1.82) is 0 Å². The van der Waals surface area contributed by atoms with Crippen molar-refractivity contribution >= 4 is 34.9 Å². The summed E-state index contributed by atoms with van der Waals surface area (Å²) in [5.41, 5.74) is 0. The Balaban J connectivity index is 1.60. The van der Waals surface area contributed by atoms with Crippen LogP contribution in [-0.2, 0) is 9.59 Å². The second-order valence-corrected chi connectivity index (χ2v) is 5.82. The van der Waals surface area contributed by atoms with E-state index in [-0.39, 0.29) is 28.8 Å². The molecule has 0 bridgehead atoms. The summed E-state index contributed by atoms with van der Waals surface area (Å²) in [6.07, 6.45) is 5.23. The van der Waals surface area contributed by atoms with E-state index in [1.807, 2.05) is 0 Å². The first-order valence-electron chi connectivity index (χ1n) is 6.64. The van der Waals surface area contributed by atoms with E-state index in [1.54, 1.807) is 23.1 Å². The average molecular weight is 306 g/mol. The molecule has 1 atom stereocenters. The van der Waals surface area contributed by atoms with Crippen molar-refractivity contribution in [3.05, 3.63) is 30.2 Å². The molecule has 2 aliphatic rings. The zero-order valence-electron chi connectivity index (χ0n) is 11.2. The number of carbonyl (C=O) groups is 3. The molecule has 0 spiro atoms. The number of rotatable bonds is 3. The van der Waals surface area contributed by atoms with Crippen LogP contribution in [0.3, 0.4) is 0 Å². The summed E-state index contributed by atoms with van der Waals surface area (Å²) in [5, 5.41) is -0.203. The van der Waals surface area contributed by atoms with Gasteiger partial charge in [-0.05, 0) is 24.6 Å². The first-order valence-corrected chi connectivity index (χ1v) is 7.63. The molecule has 0 aromatic carbocycles. The van der Waals surface area contributed by atoms with Gasteiger partial charge in [0.2, 0.25) is 11.8 Å². The second-order valence-electron chi connectivity index (χ2n) is 4.89. The Morgan fingerprint density at radius 1 is 1.43 bits per heavy atom. The highest BCUT2D eigenvalue weighted by Gasteiger charge is 2.39. The monoisotopic (exact) mass is 306 g/mol. The number of amides is 3. The lowest BCUT2D eigenvalue weighted by Gasteiger charge is -2.21. The quantitative estimate of drug-likeness (QED) is 0.793. The molecule has 6 nitrogen and oxygen atoms in total. The number of imide groups is 1. The maximum Gasteiger partial charge on any atom is 0.289 e. The summed E-state index contributed by atoms with van der Waals surface area (Å²) in [4.78, 5) is 38.4. The van der Waals surface area contributed by atoms with E-state index >= 15 is 0 Å². The largest absolute Gasteiger partial charge is 0.465 e. The van der Waals surface area contributed by atoms with Gasteiger partial charge in [-0.3, -0.25) is 19.3 Å². The standard InChI is InChI=1S/C14H14N2O4S/c17-12(4-3-11-2-1-7-20-11)15-6-5-10(8-15)16-13(18)9-21-14(16)19/h1-4,7,10H,5-6,8-9H2/b4-3+. The first-order chi connectivity index (χ1) is 10.1. The Labute approximate surface area is 125 Å². The predicted molar refractivity (Wildman–Crippen MR) is 77.4 cm³/mol. The topological polar surface area (TPSA) is 70.8 Å². The molecule has 110 valence electrons. The lowest BCUT2D eigenvalue weighted by molar-refractivity contribution is -0.128. The van der Waals surface area contributed by atoms with Crippen molar-refractivity contribution in [3.63, 3.8) is 0 Å². The van der Waals surface area contributed by atoms with Crippen LogP contribution in [-0.4, -0.2) is 51.7 Å². The summed E-state index contributed by atoms with van der Waals surface area (Å²) in [6.45, 7) is 0.951. The van der Waals surface area contributed by atoms with Crippen molar-refractivity contribution in [2.24, 2.45) is 0 Å². The van der Waals surface area contributed by atoms with Gasteiger partial charge in [0.1, 0.15) is 5.76 Å². The molecule has 3 heterocycles. The number of thioether (sulfide) groups is 1. The maximum atomic E-state index is 12.1. The minimum atomic E-state index is -0.203. The van der Waals surface area contributed by atoms with E-state index < -0.39 is 0 Å². The van der Waals surface area contributed by atoms with E-state index in [0.717, 1.165) is 11.8 Å². The molecule has 0 aliphatic carbocycles. The van der Waals surface area contributed by atoms with E-state index in [4.69, 9.17) is 4.42 Å². The van der Waals surface area contributed by atoms with Crippen LogP contribution in [0.1, 0.15) is 12.2 Å². The SMILES string of the molecule is O=C(/C=C/c1ccco1)N1CCC(N2C(=O)CSC2=O)C1. The molecule has 2 fully saturated rings. The van der Waals surface area contributed by atoms with Crippen LogP contribution < -0.4 is 0 Å². The molecule has 21 heavy (non-hydrogen) atoms. The minimum absolute atomic E-state index is 0.138. The zero-order valence-corrected chi connectivity index (χ0v) is 12.0. The third-order valence-corrected chi connectivity index (χ3v) is 4.39. The summed E-state index contributed by atoms with van der Waals surface area (Å²) >= 11 is 1.03. The van der Waals surface area contributed by atoms with Gasteiger partial charge in [0.25, 0.3) is 5.24 Å². The van der Waals surface area contributed by atoms with E-state index in [9.17, 15) is 14.4 Å². The normalized spacial score (nSPS) is 22.8. The lowest BCUT2D eigenvalue weighted by Crippen LogP contribution is -2.41. The first kappa shape index (κ1) is 13.9. The van der Waals surface area contributed by atoms with Gasteiger partial charge in [-0.15, -0.1) is 0 Å². The third-order valence-electron chi connectivity index (χ3n) is 3.56. The molecule has 0 saturated carbocycles. The smallest absolute Gasteiger partial charge is 0.289 e. The Hall–Kier alpha value is -2.02. The summed E-state index contributed by atoms with van der Waals surface area (Å²) in [5.74, 6) is 0.526. The van der Waals surface area contributed by atoms with Gasteiger partial charge in [-0.25, -0.2) is 0 Å². The lowest BCUT2D eigenvalue weighted by atomic mass is 10.2. The van der Waals surface area contributed by atoms with Crippen LogP contribution in [0.2, 0.25) is 0 Å². The van der Waals surface area contributed by atoms with Crippen molar-refractivity contribution in [2.75, 3.05) is 18.8 Å². The number of hydrogen-bond donors (Lipinski definition) is 0. The number of furan rings is 1. The fraction of sp³-hybridized carbons (Fsp3) is 0.357. The van der Waals surface area contributed by atoms with Crippen LogP contribution in [0.5, 0.6) is 0 Å². The molecule has 1 aromatic rings. The van der Waals surface area contributed by atoms with Gasteiger partial charge >= 0.3 is 0 Å². The van der Waals surface area contributed by atoms with Gasteiger partial charge in [-0.2, -0.15) is 0 Å². The van der Waals surface area contributed by atoms with Crippen molar-refractivity contribution in [1.82, 2.24) is 9.80 Å². The van der Waals surface area contributed by atoms with Gasteiger partial charge in [0.05, 0.1) is 18.1 Å². The molecule has 1 aromatic heterocycles. The Bertz CT molecular complexity index is 580. The highest BCUT2D eigenvalue weighted by molar-refractivity contribution is 8.14. The summed E-state index contributed by atoms with van der Waals surface area (Å²) < 4.78 is 5.12. The van der Waals surface area contributed by atoms with Crippen molar-refractivity contribution < 1.29 is 18.8 Å². The number of nitrogens with zero attached hydrogens (tertiary/aromatic N) is 2. The molecule has 0 radical (unpaired) electrons. The van der Waals surface area contributed by atoms with Crippen LogP contribution in [0.15, 0.2) is 28.9 Å². The summed E-state index contributed by atoms with van der Waals surface area (Å²) in [7, 11) is 0. The number of likely N-dealkylation sites (tertiary alicyclic amines) is 1. The number of carbonyl (C=O) groups excluding carboxylic acids is 3. The molecule has 2 aliphatic heterocycles. The Morgan fingerprint density at radius 2 is 2.29 bits per heavy atom. The molecular weight excluding hydrogens is 292 g/mol. The highest BCUT2D eigenvalue weighted by Crippen LogP contribution is 2.26. The molecular formula is C14H14N2O4S. The highest BCUT2D eigenvalue weighted by atomic mass is 32.2. The van der Waals surface area contributed by atoms with Gasteiger partial charge in [-0.1, -0.05) is 11.8 Å². The van der Waals surface area contributed by atoms with Gasteiger partial charge in [0, 0.05) is 19.2 Å².